The highest BCUT2D eigenvalue weighted by molar-refractivity contribution is 7.66. The fourth-order valence-corrected chi connectivity index (χ4v) is 1.12. The second-order valence-electron chi connectivity index (χ2n) is 1.94. The van der Waals surface area contributed by atoms with E-state index in [2.05, 4.69) is 0 Å². The summed E-state index contributed by atoms with van der Waals surface area (Å²) in [6, 6.07) is 0. The third-order valence-corrected chi connectivity index (χ3v) is 1.96. The summed E-state index contributed by atoms with van der Waals surface area (Å²) >= 11 is 0.485. The van der Waals surface area contributed by atoms with Gasteiger partial charge < -0.3 is 4.74 Å². The number of ether oxygens (including phenoxy) is 1. The molecule has 0 bridgehead atoms. The van der Waals surface area contributed by atoms with Gasteiger partial charge in [0.15, 0.2) is 0 Å². The van der Waals surface area contributed by atoms with E-state index in [0.717, 1.165) is 13.0 Å². The molecule has 1 heterocycles. The van der Waals surface area contributed by atoms with Crippen molar-refractivity contribution in [1.82, 2.24) is 0 Å². The Labute approximate surface area is 51.9 Å². The maximum atomic E-state index is 10.1. The standard InChI is InChI=1S/C5H8O2S/c1-4-2-3-7-5(4)8-6/h4H,2-3H2,1H3. The summed E-state index contributed by atoms with van der Waals surface area (Å²) in [4.78, 5) is 0. The zero-order chi connectivity index (χ0) is 5.98. The van der Waals surface area contributed by atoms with Gasteiger partial charge in [-0.15, -0.1) is 0 Å². The summed E-state index contributed by atoms with van der Waals surface area (Å²) in [6.07, 6.45) is 1.00. The molecule has 1 aliphatic heterocycles. The van der Waals surface area contributed by atoms with Crippen molar-refractivity contribution in [3.05, 3.63) is 0 Å². The van der Waals surface area contributed by atoms with E-state index in [4.69, 9.17) is 4.74 Å². The first kappa shape index (κ1) is 5.98. The van der Waals surface area contributed by atoms with Crippen LogP contribution in [-0.4, -0.2) is 15.9 Å². The molecule has 1 unspecified atom stereocenters. The molecule has 0 saturated carbocycles. The van der Waals surface area contributed by atoms with Gasteiger partial charge in [-0.3, -0.25) is 0 Å². The van der Waals surface area contributed by atoms with Crippen LogP contribution in [0.25, 0.3) is 0 Å². The Balaban J connectivity index is 2.68. The lowest BCUT2D eigenvalue weighted by atomic mass is 10.2. The Bertz CT molecular complexity index is 137. The maximum absolute atomic E-state index is 10.1. The zero-order valence-corrected chi connectivity index (χ0v) is 5.53. The third-order valence-electron chi connectivity index (χ3n) is 1.28. The molecule has 0 N–H and O–H groups in total. The summed E-state index contributed by atoms with van der Waals surface area (Å²) in [5.41, 5.74) is 0. The van der Waals surface area contributed by atoms with Gasteiger partial charge in [0.1, 0.15) is 16.3 Å². The van der Waals surface area contributed by atoms with E-state index in [1.165, 1.54) is 0 Å². The van der Waals surface area contributed by atoms with Gasteiger partial charge in [0.2, 0.25) is 0 Å². The predicted molar refractivity (Wildman–Crippen MR) is 32.9 cm³/mol. The monoisotopic (exact) mass is 132 g/mol. The molecule has 0 aromatic carbocycles. The fraction of sp³-hybridized carbons (Fsp3) is 0.800. The summed E-state index contributed by atoms with van der Waals surface area (Å²) in [7, 11) is 0. The molecule has 1 fully saturated rings. The Morgan fingerprint density at radius 2 is 2.62 bits per heavy atom. The van der Waals surface area contributed by atoms with Crippen molar-refractivity contribution in [2.24, 2.45) is 5.92 Å². The summed E-state index contributed by atoms with van der Waals surface area (Å²) in [5.74, 6) is 0.373. The van der Waals surface area contributed by atoms with Crippen LogP contribution in [0.4, 0.5) is 0 Å². The van der Waals surface area contributed by atoms with Crippen LogP contribution >= 0.6 is 0 Å². The van der Waals surface area contributed by atoms with Gasteiger partial charge in [-0.25, -0.2) is 4.21 Å². The summed E-state index contributed by atoms with van der Waals surface area (Å²) in [6.45, 7) is 2.74. The van der Waals surface area contributed by atoms with Gasteiger partial charge >= 0.3 is 0 Å². The van der Waals surface area contributed by atoms with Gasteiger partial charge in [-0.1, -0.05) is 6.92 Å². The van der Waals surface area contributed by atoms with Crippen molar-refractivity contribution < 1.29 is 8.95 Å². The first-order valence-corrected chi connectivity index (χ1v) is 3.38. The number of hydrogen-bond acceptors (Lipinski definition) is 2. The van der Waals surface area contributed by atoms with Crippen LogP contribution in [0.1, 0.15) is 13.3 Å². The minimum absolute atomic E-state index is 0.373. The zero-order valence-electron chi connectivity index (χ0n) is 4.72. The van der Waals surface area contributed by atoms with Crippen molar-refractivity contribution in [1.29, 1.82) is 0 Å². The molecule has 0 spiro atoms. The highest BCUT2D eigenvalue weighted by atomic mass is 32.1. The Kier molecular flexibility index (Phi) is 1.81. The van der Waals surface area contributed by atoms with Crippen LogP contribution in [0, 0.1) is 5.92 Å². The first-order valence-electron chi connectivity index (χ1n) is 2.64. The van der Waals surface area contributed by atoms with E-state index in [-0.39, 0.29) is 0 Å². The Hall–Kier alpha value is -0.150. The second kappa shape index (κ2) is 2.42. The molecule has 0 amide bonds. The van der Waals surface area contributed by atoms with Crippen LogP contribution in [-0.2, 0) is 16.0 Å². The lowest BCUT2D eigenvalue weighted by Crippen LogP contribution is -2.01. The average molecular weight is 132 g/mol. The van der Waals surface area contributed by atoms with Crippen molar-refractivity contribution in [2.75, 3.05) is 6.61 Å². The van der Waals surface area contributed by atoms with Crippen molar-refractivity contribution in [3.8, 4) is 0 Å². The topological polar surface area (TPSA) is 26.3 Å². The normalized spacial score (nSPS) is 28.6. The molecule has 0 aliphatic carbocycles. The molecule has 3 heteroatoms. The highest BCUT2D eigenvalue weighted by Crippen LogP contribution is 2.12. The van der Waals surface area contributed by atoms with Gasteiger partial charge in [-0.2, -0.15) is 0 Å². The smallest absolute Gasteiger partial charge is 0.148 e. The van der Waals surface area contributed by atoms with E-state index >= 15 is 0 Å². The van der Waals surface area contributed by atoms with E-state index < -0.39 is 0 Å². The number of hydrogen-bond donors (Lipinski definition) is 0. The Morgan fingerprint density at radius 3 is 2.88 bits per heavy atom. The highest BCUT2D eigenvalue weighted by Gasteiger charge is 2.17. The van der Waals surface area contributed by atoms with Gasteiger partial charge in [0.25, 0.3) is 0 Å². The average Bonchev–Trinajstić information content (AvgIpc) is 2.14. The third kappa shape index (κ3) is 0.980. The SMILES string of the molecule is CC1CCOC1=S=O. The molecule has 0 aromatic rings. The van der Waals surface area contributed by atoms with Crippen molar-refractivity contribution >= 4 is 16.3 Å². The van der Waals surface area contributed by atoms with Crippen LogP contribution in [0.3, 0.4) is 0 Å². The van der Waals surface area contributed by atoms with Gasteiger partial charge in [-0.05, 0) is 6.42 Å². The molecule has 0 aromatic heterocycles. The molecule has 46 valence electrons. The fourth-order valence-electron chi connectivity index (χ4n) is 0.703. The molecule has 1 aliphatic rings. The van der Waals surface area contributed by atoms with Crippen molar-refractivity contribution in [2.45, 2.75) is 13.3 Å². The van der Waals surface area contributed by atoms with E-state index in [0.29, 0.717) is 22.2 Å². The molecule has 1 atom stereocenters. The van der Waals surface area contributed by atoms with Gasteiger partial charge in [0.05, 0.1) is 6.61 Å². The minimum atomic E-state index is 0.373. The molecule has 0 radical (unpaired) electrons. The number of rotatable bonds is 0. The minimum Gasteiger partial charge on any atom is -0.337 e. The molecular formula is C5H8O2S. The van der Waals surface area contributed by atoms with Crippen molar-refractivity contribution in [3.63, 3.8) is 0 Å². The van der Waals surface area contributed by atoms with Gasteiger partial charge in [0, 0.05) is 5.92 Å². The summed E-state index contributed by atoms with van der Waals surface area (Å²) < 4.78 is 15.1. The van der Waals surface area contributed by atoms with E-state index in [9.17, 15) is 4.21 Å². The largest absolute Gasteiger partial charge is 0.337 e. The molecule has 2 nitrogen and oxygen atoms in total. The quantitative estimate of drug-likeness (QED) is 0.445. The molecular weight excluding hydrogens is 124 g/mol. The first-order chi connectivity index (χ1) is 3.84. The molecule has 8 heavy (non-hydrogen) atoms. The summed E-state index contributed by atoms with van der Waals surface area (Å²) in [5, 5.41) is 0.657. The lowest BCUT2D eigenvalue weighted by Gasteiger charge is -1.92. The van der Waals surface area contributed by atoms with Crippen LogP contribution < -0.4 is 0 Å². The van der Waals surface area contributed by atoms with E-state index in [1.54, 1.807) is 0 Å². The van der Waals surface area contributed by atoms with E-state index in [1.807, 2.05) is 6.92 Å². The van der Waals surface area contributed by atoms with Crippen LogP contribution in [0.2, 0.25) is 0 Å². The second-order valence-corrected chi connectivity index (χ2v) is 2.51. The van der Waals surface area contributed by atoms with Crippen LogP contribution in [0.15, 0.2) is 0 Å². The molecule has 1 saturated heterocycles. The van der Waals surface area contributed by atoms with Crippen LogP contribution in [0.5, 0.6) is 0 Å². The maximum Gasteiger partial charge on any atom is 0.148 e. The Morgan fingerprint density at radius 1 is 1.88 bits per heavy atom. The lowest BCUT2D eigenvalue weighted by molar-refractivity contribution is 0.350. The molecule has 1 rings (SSSR count). The predicted octanol–water partition coefficient (Wildman–Crippen LogP) is 0.386.